The minimum atomic E-state index is -3.58. The largest absolute Gasteiger partial charge is 0.296 e. The summed E-state index contributed by atoms with van der Waals surface area (Å²) in [7, 11) is 1.65. The normalized spacial score (nSPS) is 20.0. The topological polar surface area (TPSA) is 67.3 Å². The first-order valence-electron chi connectivity index (χ1n) is 6.06. The lowest BCUT2D eigenvalue weighted by Gasteiger charge is -2.16. The van der Waals surface area contributed by atoms with E-state index < -0.39 is 9.05 Å². The van der Waals surface area contributed by atoms with Crippen LogP contribution in [0.2, 0.25) is 0 Å². The van der Waals surface area contributed by atoms with Crippen LogP contribution in [0.15, 0.2) is 18.3 Å². The summed E-state index contributed by atoms with van der Waals surface area (Å²) in [4.78, 5) is 17.6. The maximum Gasteiger partial charge on any atom is 0.232 e. The fourth-order valence-corrected chi connectivity index (χ4v) is 3.55. The van der Waals surface area contributed by atoms with Crippen LogP contribution in [0.1, 0.15) is 18.9 Å². The van der Waals surface area contributed by atoms with E-state index in [1.165, 1.54) is 4.90 Å². The molecule has 19 heavy (non-hydrogen) atoms. The highest BCUT2D eigenvalue weighted by atomic mass is 35.7. The second-order valence-corrected chi connectivity index (χ2v) is 7.48. The summed E-state index contributed by atoms with van der Waals surface area (Å²) in [6, 6.07) is 3.75. The second kappa shape index (κ2) is 5.46. The Morgan fingerprint density at radius 1 is 1.53 bits per heavy atom. The molecule has 2 heterocycles. The van der Waals surface area contributed by atoms with Crippen molar-refractivity contribution in [1.29, 1.82) is 0 Å². The zero-order valence-corrected chi connectivity index (χ0v) is 12.1. The maximum absolute atomic E-state index is 11.9. The first-order valence-corrected chi connectivity index (χ1v) is 8.54. The van der Waals surface area contributed by atoms with Gasteiger partial charge in [0.25, 0.3) is 0 Å². The zero-order valence-electron chi connectivity index (χ0n) is 10.5. The lowest BCUT2D eigenvalue weighted by Crippen LogP contribution is -2.26. The Kier molecular flexibility index (Phi) is 4.10. The van der Waals surface area contributed by atoms with Gasteiger partial charge in [0.1, 0.15) is 5.82 Å². The van der Waals surface area contributed by atoms with Crippen LogP contribution in [0.4, 0.5) is 5.82 Å². The molecule has 5 nitrogen and oxygen atoms in total. The smallest absolute Gasteiger partial charge is 0.232 e. The molecule has 1 atom stereocenters. The highest BCUT2D eigenvalue weighted by Crippen LogP contribution is 2.25. The van der Waals surface area contributed by atoms with Gasteiger partial charge in [-0.2, -0.15) is 0 Å². The van der Waals surface area contributed by atoms with Crippen molar-refractivity contribution in [3.8, 4) is 0 Å². The van der Waals surface area contributed by atoms with E-state index in [-0.39, 0.29) is 24.0 Å². The fourth-order valence-electron chi connectivity index (χ4n) is 2.22. The number of carbonyl (C=O) groups excluding carboxylic acids is 1. The van der Waals surface area contributed by atoms with Gasteiger partial charge in [-0.15, -0.1) is 0 Å². The van der Waals surface area contributed by atoms with E-state index in [1.54, 1.807) is 6.20 Å². The van der Waals surface area contributed by atoms with Gasteiger partial charge < -0.3 is 0 Å². The van der Waals surface area contributed by atoms with Gasteiger partial charge in [-0.25, -0.2) is 13.4 Å². The third kappa shape index (κ3) is 3.67. The summed E-state index contributed by atoms with van der Waals surface area (Å²) in [6.07, 6.45) is 2.72. The number of pyridine rings is 1. The lowest BCUT2D eigenvalue weighted by molar-refractivity contribution is -0.117. The highest BCUT2D eigenvalue weighted by molar-refractivity contribution is 8.13. The van der Waals surface area contributed by atoms with Gasteiger partial charge in [-0.3, -0.25) is 9.69 Å². The summed E-state index contributed by atoms with van der Waals surface area (Å²) in [5.41, 5.74) is 1.09. The Bertz CT molecular complexity index is 588. The van der Waals surface area contributed by atoms with Crippen LogP contribution in [0.25, 0.3) is 0 Å². The van der Waals surface area contributed by atoms with E-state index in [2.05, 4.69) is 4.98 Å². The van der Waals surface area contributed by atoms with Crippen molar-refractivity contribution in [2.24, 2.45) is 5.92 Å². The molecule has 1 aliphatic heterocycles. The van der Waals surface area contributed by atoms with Gasteiger partial charge in [-0.05, 0) is 24.1 Å². The highest BCUT2D eigenvalue weighted by Gasteiger charge is 2.33. The monoisotopic (exact) mass is 302 g/mol. The quantitative estimate of drug-likeness (QED) is 0.792. The molecule has 1 aromatic rings. The fraction of sp³-hybridized carbons (Fsp3) is 0.500. The number of nitrogens with zero attached hydrogens (tertiary/aromatic N) is 2. The molecule has 1 fully saturated rings. The summed E-state index contributed by atoms with van der Waals surface area (Å²) in [5, 5.41) is 0. The van der Waals surface area contributed by atoms with Gasteiger partial charge in [-0.1, -0.05) is 6.92 Å². The number of halogens is 1. The van der Waals surface area contributed by atoms with Gasteiger partial charge in [0.15, 0.2) is 0 Å². The minimum absolute atomic E-state index is 0.105. The van der Waals surface area contributed by atoms with Crippen molar-refractivity contribution in [2.75, 3.05) is 17.2 Å². The van der Waals surface area contributed by atoms with Crippen LogP contribution in [-0.2, 0) is 20.3 Å². The minimum Gasteiger partial charge on any atom is -0.296 e. The molecule has 104 valence electrons. The standard InChI is InChI=1S/C12H15ClN2O3S/c1-2-9-3-4-14-11(5-9)15-7-10(6-12(15)16)8-19(13,17)18/h3-5,10H,2,6-8H2,1H3. The summed E-state index contributed by atoms with van der Waals surface area (Å²) in [5.74, 6) is 0.0385. The second-order valence-electron chi connectivity index (χ2n) is 4.66. The Labute approximate surface area is 117 Å². The molecular formula is C12H15ClN2O3S. The molecule has 0 radical (unpaired) electrons. The molecule has 0 bridgehead atoms. The molecule has 1 unspecified atom stereocenters. The van der Waals surface area contributed by atoms with Crippen LogP contribution in [0.5, 0.6) is 0 Å². The molecule has 1 amide bonds. The van der Waals surface area contributed by atoms with Crippen LogP contribution in [0, 0.1) is 5.92 Å². The Balaban J connectivity index is 2.15. The number of anilines is 1. The van der Waals surface area contributed by atoms with E-state index in [9.17, 15) is 13.2 Å². The van der Waals surface area contributed by atoms with E-state index >= 15 is 0 Å². The van der Waals surface area contributed by atoms with Crippen LogP contribution < -0.4 is 4.90 Å². The third-order valence-corrected chi connectivity index (χ3v) is 4.38. The van der Waals surface area contributed by atoms with Crippen molar-refractivity contribution in [1.82, 2.24) is 4.98 Å². The zero-order chi connectivity index (χ0) is 14.0. The van der Waals surface area contributed by atoms with Crippen molar-refractivity contribution in [3.05, 3.63) is 23.9 Å². The number of aryl methyl sites for hydroxylation is 1. The van der Waals surface area contributed by atoms with Crippen molar-refractivity contribution < 1.29 is 13.2 Å². The number of carbonyl (C=O) groups is 1. The molecule has 0 N–H and O–H groups in total. The SMILES string of the molecule is CCc1ccnc(N2CC(CS(=O)(=O)Cl)CC2=O)c1. The Hall–Kier alpha value is -1.14. The van der Waals surface area contributed by atoms with Crippen LogP contribution >= 0.6 is 10.7 Å². The van der Waals surface area contributed by atoms with Crippen molar-refractivity contribution >= 4 is 31.5 Å². The van der Waals surface area contributed by atoms with E-state index in [1.807, 2.05) is 19.1 Å². The molecule has 7 heteroatoms. The average molecular weight is 303 g/mol. The Morgan fingerprint density at radius 2 is 2.26 bits per heavy atom. The number of hydrogen-bond acceptors (Lipinski definition) is 4. The summed E-state index contributed by atoms with van der Waals surface area (Å²) >= 11 is 0. The molecule has 1 aliphatic rings. The van der Waals surface area contributed by atoms with Gasteiger partial charge in [0.2, 0.25) is 15.0 Å². The maximum atomic E-state index is 11.9. The van der Waals surface area contributed by atoms with Crippen molar-refractivity contribution in [2.45, 2.75) is 19.8 Å². The first kappa shape index (κ1) is 14.3. The molecule has 0 saturated carbocycles. The van der Waals surface area contributed by atoms with E-state index in [4.69, 9.17) is 10.7 Å². The van der Waals surface area contributed by atoms with Gasteiger partial charge >= 0.3 is 0 Å². The molecule has 1 aromatic heterocycles. The third-order valence-electron chi connectivity index (χ3n) is 3.13. The van der Waals surface area contributed by atoms with Crippen LogP contribution in [-0.4, -0.2) is 31.6 Å². The molecule has 0 spiro atoms. The number of rotatable bonds is 4. The molecule has 0 aromatic carbocycles. The molecular weight excluding hydrogens is 288 g/mol. The predicted octanol–water partition coefficient (Wildman–Crippen LogP) is 1.57. The van der Waals surface area contributed by atoms with Crippen LogP contribution in [0.3, 0.4) is 0 Å². The average Bonchev–Trinajstić information content (AvgIpc) is 2.68. The number of amides is 1. The van der Waals surface area contributed by atoms with E-state index in [0.717, 1.165) is 12.0 Å². The predicted molar refractivity (Wildman–Crippen MR) is 73.7 cm³/mol. The van der Waals surface area contributed by atoms with E-state index in [0.29, 0.717) is 12.4 Å². The summed E-state index contributed by atoms with van der Waals surface area (Å²) < 4.78 is 22.1. The first-order chi connectivity index (χ1) is 8.89. The summed E-state index contributed by atoms with van der Waals surface area (Å²) in [6.45, 7) is 2.37. The van der Waals surface area contributed by atoms with Crippen molar-refractivity contribution in [3.63, 3.8) is 0 Å². The molecule has 2 rings (SSSR count). The number of hydrogen-bond donors (Lipinski definition) is 0. The molecule has 1 saturated heterocycles. The van der Waals surface area contributed by atoms with Gasteiger partial charge in [0.05, 0.1) is 5.75 Å². The van der Waals surface area contributed by atoms with Gasteiger partial charge in [0, 0.05) is 35.8 Å². The number of aromatic nitrogens is 1. The molecule has 0 aliphatic carbocycles. The Morgan fingerprint density at radius 3 is 2.89 bits per heavy atom. The lowest BCUT2D eigenvalue weighted by atomic mass is 10.1.